The Morgan fingerprint density at radius 1 is 1.25 bits per heavy atom. The molecule has 0 aliphatic carbocycles. The molecule has 0 spiro atoms. The summed E-state index contributed by atoms with van der Waals surface area (Å²) in [4.78, 5) is 14.6. The number of hydrogen-bond donors (Lipinski definition) is 1. The third-order valence-electron chi connectivity index (χ3n) is 1.42. The Balaban J connectivity index is 4.29. The van der Waals surface area contributed by atoms with Crippen molar-refractivity contribution < 1.29 is 9.63 Å². The van der Waals surface area contributed by atoms with Crippen molar-refractivity contribution in [3.05, 3.63) is 0 Å². The van der Waals surface area contributed by atoms with E-state index in [0.717, 1.165) is 5.71 Å². The highest BCUT2D eigenvalue weighted by molar-refractivity contribution is 5.87. The van der Waals surface area contributed by atoms with E-state index < -0.39 is 6.09 Å². The Kier molecular flexibility index (Phi) is 4.33. The van der Waals surface area contributed by atoms with Crippen LogP contribution in [0.5, 0.6) is 0 Å². The van der Waals surface area contributed by atoms with Gasteiger partial charge in [-0.3, -0.25) is 4.84 Å². The molecule has 0 saturated heterocycles. The van der Waals surface area contributed by atoms with Gasteiger partial charge in [0.1, 0.15) is 0 Å². The summed E-state index contributed by atoms with van der Waals surface area (Å²) in [6.07, 6.45) is -0.867. The van der Waals surface area contributed by atoms with E-state index >= 15 is 0 Å². The molecule has 0 unspecified atom stereocenters. The molecule has 0 bridgehead atoms. The smallest absolute Gasteiger partial charge is 0.333 e. The van der Waals surface area contributed by atoms with Gasteiger partial charge in [-0.2, -0.15) is 0 Å². The van der Waals surface area contributed by atoms with Crippen LogP contribution in [-0.4, -0.2) is 11.8 Å². The Bertz CT molecular complexity index is 175. The van der Waals surface area contributed by atoms with Crippen molar-refractivity contribution in [3.8, 4) is 0 Å². The third kappa shape index (κ3) is 3.95. The minimum Gasteiger partial charge on any atom is -0.333 e. The van der Waals surface area contributed by atoms with Gasteiger partial charge < -0.3 is 5.73 Å². The second-order valence-electron chi connectivity index (χ2n) is 3.24. The van der Waals surface area contributed by atoms with Crippen LogP contribution < -0.4 is 5.73 Å². The van der Waals surface area contributed by atoms with Crippen molar-refractivity contribution in [2.24, 2.45) is 22.7 Å². The summed E-state index contributed by atoms with van der Waals surface area (Å²) in [6, 6.07) is 0. The van der Waals surface area contributed by atoms with Crippen LogP contribution in [0.25, 0.3) is 0 Å². The average Bonchev–Trinajstić information content (AvgIpc) is 1.84. The van der Waals surface area contributed by atoms with Crippen molar-refractivity contribution in [1.82, 2.24) is 0 Å². The fraction of sp³-hybridized carbons (Fsp3) is 0.750. The number of nitrogens with zero attached hydrogens (tertiary/aromatic N) is 1. The standard InChI is InChI=1S/C8H16N2O2/c1-5(2)7(6(3)4)10-12-8(9)11/h5-6H,1-4H3,(H2,9,11). The fourth-order valence-corrected chi connectivity index (χ4v) is 0.975. The largest absolute Gasteiger partial charge is 0.430 e. The van der Waals surface area contributed by atoms with Gasteiger partial charge in [-0.15, -0.1) is 0 Å². The number of rotatable bonds is 3. The molecule has 0 aromatic carbocycles. The van der Waals surface area contributed by atoms with Crippen LogP contribution in [0.4, 0.5) is 4.79 Å². The van der Waals surface area contributed by atoms with Gasteiger partial charge in [0.25, 0.3) is 0 Å². The SMILES string of the molecule is CC(C)C(=NOC(N)=O)C(C)C. The van der Waals surface area contributed by atoms with E-state index in [1.807, 2.05) is 27.7 Å². The number of hydrogen-bond acceptors (Lipinski definition) is 3. The summed E-state index contributed by atoms with van der Waals surface area (Å²) in [6.45, 7) is 7.96. The van der Waals surface area contributed by atoms with E-state index in [1.54, 1.807) is 0 Å². The van der Waals surface area contributed by atoms with Gasteiger partial charge in [0, 0.05) is 0 Å². The second-order valence-corrected chi connectivity index (χ2v) is 3.24. The molecule has 4 heteroatoms. The monoisotopic (exact) mass is 172 g/mol. The van der Waals surface area contributed by atoms with Crippen LogP contribution in [0.1, 0.15) is 27.7 Å². The first-order valence-electron chi connectivity index (χ1n) is 3.99. The van der Waals surface area contributed by atoms with E-state index in [0.29, 0.717) is 0 Å². The number of nitrogens with two attached hydrogens (primary N) is 1. The van der Waals surface area contributed by atoms with Crippen LogP contribution in [0, 0.1) is 11.8 Å². The van der Waals surface area contributed by atoms with Gasteiger partial charge in [0.15, 0.2) is 0 Å². The topological polar surface area (TPSA) is 64.7 Å². The van der Waals surface area contributed by atoms with Gasteiger partial charge in [0.2, 0.25) is 0 Å². The van der Waals surface area contributed by atoms with Gasteiger partial charge in [-0.1, -0.05) is 32.9 Å². The van der Waals surface area contributed by atoms with Crippen molar-refractivity contribution in [2.75, 3.05) is 0 Å². The fourth-order valence-electron chi connectivity index (χ4n) is 0.975. The van der Waals surface area contributed by atoms with Crippen molar-refractivity contribution in [1.29, 1.82) is 0 Å². The molecule has 2 N–H and O–H groups in total. The van der Waals surface area contributed by atoms with E-state index in [1.165, 1.54) is 0 Å². The lowest BCUT2D eigenvalue weighted by atomic mass is 9.98. The Labute approximate surface area is 72.8 Å². The molecule has 0 fully saturated rings. The van der Waals surface area contributed by atoms with Gasteiger partial charge >= 0.3 is 6.09 Å². The van der Waals surface area contributed by atoms with Crippen molar-refractivity contribution in [3.63, 3.8) is 0 Å². The molecule has 0 heterocycles. The van der Waals surface area contributed by atoms with Gasteiger partial charge in [-0.05, 0) is 11.8 Å². The molecule has 0 radical (unpaired) electrons. The van der Waals surface area contributed by atoms with Crippen LogP contribution in [0.15, 0.2) is 5.16 Å². The zero-order chi connectivity index (χ0) is 9.72. The summed E-state index contributed by atoms with van der Waals surface area (Å²) in [5.41, 5.74) is 5.61. The molecular weight excluding hydrogens is 156 g/mol. The average molecular weight is 172 g/mol. The molecule has 0 aliphatic heterocycles. The van der Waals surface area contributed by atoms with E-state index in [-0.39, 0.29) is 11.8 Å². The zero-order valence-corrected chi connectivity index (χ0v) is 8.00. The first-order valence-corrected chi connectivity index (χ1v) is 3.99. The predicted molar refractivity (Wildman–Crippen MR) is 47.8 cm³/mol. The minimum absolute atomic E-state index is 0.268. The number of carbonyl (C=O) groups is 1. The molecule has 0 rings (SSSR count). The molecule has 0 aromatic rings. The molecular formula is C8H16N2O2. The summed E-state index contributed by atoms with van der Waals surface area (Å²) < 4.78 is 0. The quantitative estimate of drug-likeness (QED) is 0.400. The first kappa shape index (κ1) is 10.9. The lowest BCUT2D eigenvalue weighted by Gasteiger charge is -2.11. The molecule has 0 aliphatic rings. The Morgan fingerprint density at radius 2 is 1.67 bits per heavy atom. The summed E-state index contributed by atoms with van der Waals surface area (Å²) in [5.74, 6) is 0.536. The zero-order valence-electron chi connectivity index (χ0n) is 8.00. The first-order chi connectivity index (χ1) is 5.45. The van der Waals surface area contributed by atoms with Crippen LogP contribution in [-0.2, 0) is 4.84 Å². The Hall–Kier alpha value is -1.06. The molecule has 0 aromatic heterocycles. The van der Waals surface area contributed by atoms with E-state index in [4.69, 9.17) is 5.73 Å². The normalized spacial score (nSPS) is 10.2. The number of amides is 1. The van der Waals surface area contributed by atoms with Crippen LogP contribution in [0.3, 0.4) is 0 Å². The molecule has 12 heavy (non-hydrogen) atoms. The molecule has 0 atom stereocenters. The maximum absolute atomic E-state index is 10.2. The van der Waals surface area contributed by atoms with E-state index in [9.17, 15) is 4.79 Å². The lowest BCUT2D eigenvalue weighted by Crippen LogP contribution is -2.18. The number of primary amides is 1. The summed E-state index contributed by atoms with van der Waals surface area (Å²) in [5, 5.41) is 3.66. The Morgan fingerprint density at radius 3 is 1.92 bits per heavy atom. The maximum Gasteiger partial charge on any atom is 0.430 e. The highest BCUT2D eigenvalue weighted by atomic mass is 16.7. The summed E-state index contributed by atoms with van der Waals surface area (Å²) in [7, 11) is 0. The molecule has 0 saturated carbocycles. The minimum atomic E-state index is -0.867. The van der Waals surface area contributed by atoms with Crippen LogP contribution >= 0.6 is 0 Å². The van der Waals surface area contributed by atoms with E-state index in [2.05, 4.69) is 9.99 Å². The van der Waals surface area contributed by atoms with Gasteiger partial charge in [0.05, 0.1) is 5.71 Å². The number of carbonyl (C=O) groups excluding carboxylic acids is 1. The van der Waals surface area contributed by atoms with Gasteiger partial charge in [-0.25, -0.2) is 4.79 Å². The van der Waals surface area contributed by atoms with Crippen molar-refractivity contribution in [2.45, 2.75) is 27.7 Å². The third-order valence-corrected chi connectivity index (χ3v) is 1.42. The van der Waals surface area contributed by atoms with Crippen molar-refractivity contribution >= 4 is 11.8 Å². The lowest BCUT2D eigenvalue weighted by molar-refractivity contribution is 0.160. The highest BCUT2D eigenvalue weighted by Crippen LogP contribution is 2.07. The molecule has 1 amide bonds. The number of oxime groups is 1. The molecule has 4 nitrogen and oxygen atoms in total. The second kappa shape index (κ2) is 4.74. The summed E-state index contributed by atoms with van der Waals surface area (Å²) >= 11 is 0. The predicted octanol–water partition coefficient (Wildman–Crippen LogP) is 1.75. The maximum atomic E-state index is 10.2. The molecule has 70 valence electrons. The highest BCUT2D eigenvalue weighted by Gasteiger charge is 2.11. The van der Waals surface area contributed by atoms with Crippen LogP contribution in [0.2, 0.25) is 0 Å².